The minimum Gasteiger partial charge on any atom is -0.389 e. The largest absolute Gasteiger partial charge is 0.389 e. The van der Waals surface area contributed by atoms with Crippen molar-refractivity contribution in [1.82, 2.24) is 0 Å². The van der Waals surface area contributed by atoms with Gasteiger partial charge >= 0.3 is 0 Å². The van der Waals surface area contributed by atoms with Gasteiger partial charge in [-0.15, -0.1) is 0 Å². The highest BCUT2D eigenvalue weighted by Gasteiger charge is 2.17. The summed E-state index contributed by atoms with van der Waals surface area (Å²) in [6, 6.07) is 9.86. The number of hydrogen-bond acceptors (Lipinski definition) is 2. The van der Waals surface area contributed by atoms with E-state index < -0.39 is 5.60 Å². The number of hydrogen-bond donors (Lipinski definition) is 2. The van der Waals surface area contributed by atoms with Gasteiger partial charge < -0.3 is 10.8 Å². The molecule has 1 aromatic carbocycles. The molecule has 0 amide bonds. The van der Waals surface area contributed by atoms with Gasteiger partial charge in [0.15, 0.2) is 0 Å². The minimum absolute atomic E-state index is 0.294. The number of benzene rings is 1. The predicted molar refractivity (Wildman–Crippen MR) is 49.8 cm³/mol. The fourth-order valence-corrected chi connectivity index (χ4v) is 1.11. The summed E-state index contributed by atoms with van der Waals surface area (Å²) < 4.78 is 0. The Bertz CT molecular complexity index is 231. The molecule has 0 aliphatic heterocycles. The van der Waals surface area contributed by atoms with Crippen LogP contribution in [0.4, 0.5) is 0 Å². The molecule has 0 saturated heterocycles. The van der Waals surface area contributed by atoms with Gasteiger partial charge in [0.05, 0.1) is 5.60 Å². The average molecular weight is 165 g/mol. The van der Waals surface area contributed by atoms with Crippen LogP contribution in [0.1, 0.15) is 12.5 Å². The lowest BCUT2D eigenvalue weighted by atomic mass is 9.97. The number of nitrogens with two attached hydrogens (primary N) is 1. The summed E-state index contributed by atoms with van der Waals surface area (Å²) >= 11 is 0. The third kappa shape index (κ3) is 2.64. The maximum atomic E-state index is 9.65. The number of aliphatic hydroxyl groups is 1. The van der Waals surface area contributed by atoms with Crippen LogP contribution in [-0.2, 0) is 6.42 Å². The Labute approximate surface area is 73.0 Å². The molecule has 2 nitrogen and oxygen atoms in total. The molecular formula is C10H15NO. The molecule has 0 aliphatic rings. The van der Waals surface area contributed by atoms with E-state index in [-0.39, 0.29) is 0 Å². The summed E-state index contributed by atoms with van der Waals surface area (Å²) in [5, 5.41) is 9.65. The summed E-state index contributed by atoms with van der Waals surface area (Å²) in [5.74, 6) is 0. The molecule has 0 aromatic heterocycles. The summed E-state index contributed by atoms with van der Waals surface area (Å²) in [5.41, 5.74) is 5.75. The zero-order valence-electron chi connectivity index (χ0n) is 7.33. The van der Waals surface area contributed by atoms with Gasteiger partial charge in [-0.3, -0.25) is 0 Å². The van der Waals surface area contributed by atoms with Gasteiger partial charge in [-0.25, -0.2) is 0 Å². The molecule has 1 aromatic rings. The van der Waals surface area contributed by atoms with E-state index in [0.29, 0.717) is 13.0 Å². The summed E-state index contributed by atoms with van der Waals surface area (Å²) in [6.45, 7) is 2.04. The molecule has 0 bridgehead atoms. The predicted octanol–water partition coefficient (Wildman–Crippen LogP) is 0.939. The first-order valence-corrected chi connectivity index (χ1v) is 4.10. The maximum absolute atomic E-state index is 9.65. The molecular weight excluding hydrogens is 150 g/mol. The lowest BCUT2D eigenvalue weighted by molar-refractivity contribution is 0.0696. The van der Waals surface area contributed by atoms with Crippen LogP contribution in [0.25, 0.3) is 0 Å². The van der Waals surface area contributed by atoms with Gasteiger partial charge in [0.1, 0.15) is 0 Å². The Kier molecular flexibility index (Phi) is 2.84. The molecule has 1 rings (SSSR count). The summed E-state index contributed by atoms with van der Waals surface area (Å²) in [6.07, 6.45) is 0.615. The molecule has 3 N–H and O–H groups in total. The Balaban J connectivity index is 2.64. The van der Waals surface area contributed by atoms with Crippen molar-refractivity contribution in [1.29, 1.82) is 0 Å². The highest BCUT2D eigenvalue weighted by atomic mass is 16.3. The summed E-state index contributed by atoms with van der Waals surface area (Å²) in [7, 11) is 0. The molecule has 0 spiro atoms. The van der Waals surface area contributed by atoms with Crippen molar-refractivity contribution in [3.05, 3.63) is 35.9 Å². The van der Waals surface area contributed by atoms with Gasteiger partial charge in [0.2, 0.25) is 0 Å². The van der Waals surface area contributed by atoms with E-state index in [1.807, 2.05) is 30.3 Å². The smallest absolute Gasteiger partial charge is 0.0781 e. The van der Waals surface area contributed by atoms with Gasteiger partial charge in [-0.05, 0) is 12.5 Å². The van der Waals surface area contributed by atoms with Crippen LogP contribution in [0.5, 0.6) is 0 Å². The normalized spacial score (nSPS) is 15.6. The summed E-state index contributed by atoms with van der Waals surface area (Å²) in [4.78, 5) is 0. The van der Waals surface area contributed by atoms with Crippen molar-refractivity contribution in [3.8, 4) is 0 Å². The molecule has 12 heavy (non-hydrogen) atoms. The van der Waals surface area contributed by atoms with Crippen molar-refractivity contribution >= 4 is 0 Å². The van der Waals surface area contributed by atoms with E-state index in [1.165, 1.54) is 0 Å². The van der Waals surface area contributed by atoms with E-state index in [0.717, 1.165) is 5.56 Å². The van der Waals surface area contributed by atoms with E-state index in [9.17, 15) is 5.11 Å². The lowest BCUT2D eigenvalue weighted by Crippen LogP contribution is -2.36. The molecule has 2 heteroatoms. The molecule has 0 saturated carbocycles. The Hall–Kier alpha value is -0.860. The van der Waals surface area contributed by atoms with Crippen LogP contribution in [0.3, 0.4) is 0 Å². The zero-order valence-corrected chi connectivity index (χ0v) is 7.33. The standard InChI is InChI=1S/C10H15NO/c1-10(12,8-11)7-9-5-3-2-4-6-9/h2-6,12H,7-8,11H2,1H3. The van der Waals surface area contributed by atoms with Gasteiger partial charge in [-0.2, -0.15) is 0 Å². The maximum Gasteiger partial charge on any atom is 0.0781 e. The Morgan fingerprint density at radius 3 is 2.42 bits per heavy atom. The topological polar surface area (TPSA) is 46.2 Å². The van der Waals surface area contributed by atoms with E-state index in [2.05, 4.69) is 0 Å². The van der Waals surface area contributed by atoms with Crippen LogP contribution in [-0.4, -0.2) is 17.3 Å². The number of rotatable bonds is 3. The van der Waals surface area contributed by atoms with Crippen LogP contribution in [0.15, 0.2) is 30.3 Å². The monoisotopic (exact) mass is 165 g/mol. The second kappa shape index (κ2) is 3.70. The van der Waals surface area contributed by atoms with Crippen LogP contribution in [0, 0.1) is 0 Å². The van der Waals surface area contributed by atoms with Crippen LogP contribution < -0.4 is 5.73 Å². The Morgan fingerprint density at radius 2 is 1.92 bits per heavy atom. The van der Waals surface area contributed by atoms with Gasteiger partial charge in [0, 0.05) is 13.0 Å². The van der Waals surface area contributed by atoms with E-state index in [1.54, 1.807) is 6.92 Å². The second-order valence-corrected chi connectivity index (χ2v) is 3.36. The molecule has 0 radical (unpaired) electrons. The molecule has 1 unspecified atom stereocenters. The first kappa shape index (κ1) is 9.23. The van der Waals surface area contributed by atoms with Gasteiger partial charge in [0.25, 0.3) is 0 Å². The molecule has 0 fully saturated rings. The molecule has 0 aliphatic carbocycles. The Morgan fingerprint density at radius 1 is 1.33 bits per heavy atom. The van der Waals surface area contributed by atoms with Crippen molar-refractivity contribution in [3.63, 3.8) is 0 Å². The quantitative estimate of drug-likeness (QED) is 0.700. The van der Waals surface area contributed by atoms with Crippen LogP contribution >= 0.6 is 0 Å². The average Bonchev–Trinajstić information content (AvgIpc) is 2.06. The van der Waals surface area contributed by atoms with E-state index >= 15 is 0 Å². The fraction of sp³-hybridized carbons (Fsp3) is 0.400. The second-order valence-electron chi connectivity index (χ2n) is 3.36. The highest BCUT2D eigenvalue weighted by Crippen LogP contribution is 2.10. The SMILES string of the molecule is CC(O)(CN)Cc1ccccc1. The van der Waals surface area contributed by atoms with E-state index in [4.69, 9.17) is 5.73 Å². The van der Waals surface area contributed by atoms with Crippen molar-refractivity contribution in [2.75, 3.05) is 6.54 Å². The van der Waals surface area contributed by atoms with Crippen LogP contribution in [0.2, 0.25) is 0 Å². The van der Waals surface area contributed by atoms with Gasteiger partial charge in [-0.1, -0.05) is 30.3 Å². The van der Waals surface area contributed by atoms with Crippen molar-refractivity contribution in [2.45, 2.75) is 18.9 Å². The third-order valence-corrected chi connectivity index (χ3v) is 1.87. The molecule has 0 heterocycles. The first-order chi connectivity index (χ1) is 5.64. The molecule has 66 valence electrons. The zero-order chi connectivity index (χ0) is 9.03. The lowest BCUT2D eigenvalue weighted by Gasteiger charge is -2.20. The van der Waals surface area contributed by atoms with Crippen molar-refractivity contribution < 1.29 is 5.11 Å². The first-order valence-electron chi connectivity index (χ1n) is 4.10. The highest BCUT2D eigenvalue weighted by molar-refractivity contribution is 5.16. The minimum atomic E-state index is -0.776. The third-order valence-electron chi connectivity index (χ3n) is 1.87. The fourth-order valence-electron chi connectivity index (χ4n) is 1.11. The van der Waals surface area contributed by atoms with Crippen molar-refractivity contribution in [2.24, 2.45) is 5.73 Å². The molecule has 1 atom stereocenters.